The van der Waals surface area contributed by atoms with E-state index < -0.39 is 0 Å². The molecule has 0 saturated carbocycles. The second-order valence-electron chi connectivity index (χ2n) is 3.79. The molecule has 2 aromatic rings. The van der Waals surface area contributed by atoms with E-state index in [0.29, 0.717) is 23.5 Å². The van der Waals surface area contributed by atoms with Crippen LogP contribution in [0.3, 0.4) is 0 Å². The minimum Gasteiger partial charge on any atom is -0.349 e. The predicted octanol–water partition coefficient (Wildman–Crippen LogP) is 0.870. The van der Waals surface area contributed by atoms with Gasteiger partial charge in [0, 0.05) is 21.1 Å². The maximum absolute atomic E-state index is 5.99. The molecule has 2 aromatic heterocycles. The molecule has 2 N–H and O–H groups in total. The standard InChI is InChI=1S/C9H14ClN7/c1-16(2)9-13-8(14-15-9)11-5-7-6(10)4-12-17(7)3/h4H,5H2,1-3H3,(H2,11,13,14,15). The van der Waals surface area contributed by atoms with Crippen LogP contribution in [-0.2, 0) is 13.6 Å². The number of nitrogens with one attached hydrogen (secondary N) is 2. The molecule has 17 heavy (non-hydrogen) atoms. The Labute approximate surface area is 104 Å². The summed E-state index contributed by atoms with van der Waals surface area (Å²) in [7, 11) is 5.60. The number of H-pyrrole nitrogens is 1. The summed E-state index contributed by atoms with van der Waals surface area (Å²) in [5, 5.41) is 14.6. The topological polar surface area (TPSA) is 74.7 Å². The first-order valence-corrected chi connectivity index (χ1v) is 5.45. The molecule has 2 heterocycles. The monoisotopic (exact) mass is 255 g/mol. The average molecular weight is 256 g/mol. The lowest BCUT2D eigenvalue weighted by atomic mass is 10.4. The molecule has 0 radical (unpaired) electrons. The van der Waals surface area contributed by atoms with Crippen molar-refractivity contribution in [3.63, 3.8) is 0 Å². The first-order chi connectivity index (χ1) is 8.08. The zero-order chi connectivity index (χ0) is 12.4. The lowest BCUT2D eigenvalue weighted by molar-refractivity contribution is 0.719. The normalized spacial score (nSPS) is 10.6. The van der Waals surface area contributed by atoms with Gasteiger partial charge in [-0.1, -0.05) is 11.6 Å². The molecule has 0 aliphatic rings. The number of aryl methyl sites for hydroxylation is 1. The van der Waals surface area contributed by atoms with Gasteiger partial charge < -0.3 is 10.2 Å². The van der Waals surface area contributed by atoms with Crippen molar-refractivity contribution in [2.45, 2.75) is 6.54 Å². The van der Waals surface area contributed by atoms with Crippen molar-refractivity contribution >= 4 is 23.5 Å². The van der Waals surface area contributed by atoms with Crippen molar-refractivity contribution in [1.82, 2.24) is 25.0 Å². The summed E-state index contributed by atoms with van der Waals surface area (Å²) in [6.45, 7) is 0.539. The lowest BCUT2D eigenvalue weighted by Gasteiger charge is -2.05. The molecule has 0 aliphatic carbocycles. The first kappa shape index (κ1) is 11.7. The Balaban J connectivity index is 2.02. The molecule has 7 nitrogen and oxygen atoms in total. The van der Waals surface area contributed by atoms with E-state index in [0.717, 1.165) is 5.69 Å². The van der Waals surface area contributed by atoms with Crippen LogP contribution in [0.1, 0.15) is 5.69 Å². The summed E-state index contributed by atoms with van der Waals surface area (Å²) in [6.07, 6.45) is 1.62. The molecule has 0 saturated heterocycles. The van der Waals surface area contributed by atoms with Crippen molar-refractivity contribution in [2.75, 3.05) is 24.3 Å². The summed E-state index contributed by atoms with van der Waals surface area (Å²) in [5.74, 6) is 1.23. The highest BCUT2D eigenvalue weighted by Gasteiger charge is 2.08. The van der Waals surface area contributed by atoms with Gasteiger partial charge in [-0.25, -0.2) is 5.10 Å². The third kappa shape index (κ3) is 2.50. The zero-order valence-corrected chi connectivity index (χ0v) is 10.7. The Morgan fingerprint density at radius 1 is 1.53 bits per heavy atom. The van der Waals surface area contributed by atoms with E-state index in [-0.39, 0.29) is 0 Å². The van der Waals surface area contributed by atoms with Crippen LogP contribution in [0, 0.1) is 0 Å². The third-order valence-electron chi connectivity index (χ3n) is 2.31. The Bertz CT molecular complexity index is 482. The molecule has 0 spiro atoms. The summed E-state index contributed by atoms with van der Waals surface area (Å²) < 4.78 is 1.72. The number of aromatic amines is 1. The number of rotatable bonds is 4. The van der Waals surface area contributed by atoms with E-state index in [4.69, 9.17) is 11.6 Å². The molecule has 2 rings (SSSR count). The Hall–Kier alpha value is -1.76. The number of nitrogens with zero attached hydrogens (tertiary/aromatic N) is 5. The van der Waals surface area contributed by atoms with Gasteiger partial charge in [-0.05, 0) is 0 Å². The Kier molecular flexibility index (Phi) is 3.19. The SMILES string of the molecule is CN(C)c1n[nH]c(NCc2c(Cl)cnn2C)n1. The van der Waals surface area contributed by atoms with Crippen LogP contribution in [0.2, 0.25) is 5.02 Å². The fraction of sp³-hybridized carbons (Fsp3) is 0.444. The summed E-state index contributed by atoms with van der Waals surface area (Å²) in [6, 6.07) is 0. The molecule has 8 heteroatoms. The zero-order valence-electron chi connectivity index (χ0n) is 9.90. The minimum atomic E-state index is 0.539. The number of halogens is 1. The van der Waals surface area contributed by atoms with Crippen molar-refractivity contribution in [3.8, 4) is 0 Å². The van der Waals surface area contributed by atoms with Gasteiger partial charge in [0.15, 0.2) is 0 Å². The quantitative estimate of drug-likeness (QED) is 0.848. The second kappa shape index (κ2) is 4.62. The van der Waals surface area contributed by atoms with Crippen molar-refractivity contribution in [1.29, 1.82) is 0 Å². The van der Waals surface area contributed by atoms with Crippen molar-refractivity contribution in [2.24, 2.45) is 7.05 Å². The summed E-state index contributed by atoms with van der Waals surface area (Å²) >= 11 is 5.99. The van der Waals surface area contributed by atoms with E-state index in [1.54, 1.807) is 10.9 Å². The maximum Gasteiger partial charge on any atom is 0.245 e. The number of hydrogen-bond acceptors (Lipinski definition) is 5. The van der Waals surface area contributed by atoms with Crippen LogP contribution < -0.4 is 10.2 Å². The van der Waals surface area contributed by atoms with Gasteiger partial charge >= 0.3 is 0 Å². The molecule has 0 atom stereocenters. The van der Waals surface area contributed by atoms with E-state index in [2.05, 4.69) is 25.6 Å². The van der Waals surface area contributed by atoms with E-state index in [1.807, 2.05) is 26.0 Å². The predicted molar refractivity (Wildman–Crippen MR) is 66.3 cm³/mol. The van der Waals surface area contributed by atoms with E-state index in [1.165, 1.54) is 0 Å². The van der Waals surface area contributed by atoms with Gasteiger partial charge in [-0.15, -0.1) is 5.10 Å². The molecular formula is C9H14ClN7. The highest BCUT2D eigenvalue weighted by molar-refractivity contribution is 6.31. The van der Waals surface area contributed by atoms with E-state index in [9.17, 15) is 0 Å². The van der Waals surface area contributed by atoms with Crippen molar-refractivity contribution < 1.29 is 0 Å². The number of aromatic nitrogens is 5. The van der Waals surface area contributed by atoms with Crippen LogP contribution in [-0.4, -0.2) is 39.1 Å². The molecular weight excluding hydrogens is 242 g/mol. The molecule has 0 bridgehead atoms. The van der Waals surface area contributed by atoms with Crippen LogP contribution in [0.25, 0.3) is 0 Å². The highest BCUT2D eigenvalue weighted by atomic mass is 35.5. The van der Waals surface area contributed by atoms with Crippen LogP contribution in [0.4, 0.5) is 11.9 Å². The molecule has 0 aromatic carbocycles. The largest absolute Gasteiger partial charge is 0.349 e. The van der Waals surface area contributed by atoms with Gasteiger partial charge in [-0.2, -0.15) is 10.1 Å². The van der Waals surface area contributed by atoms with Gasteiger partial charge in [0.1, 0.15) is 0 Å². The summed E-state index contributed by atoms with van der Waals surface area (Å²) in [5.41, 5.74) is 0.898. The van der Waals surface area contributed by atoms with Crippen LogP contribution >= 0.6 is 11.6 Å². The minimum absolute atomic E-state index is 0.539. The second-order valence-corrected chi connectivity index (χ2v) is 4.20. The fourth-order valence-corrected chi connectivity index (χ4v) is 1.57. The molecule has 92 valence electrons. The third-order valence-corrected chi connectivity index (χ3v) is 2.62. The van der Waals surface area contributed by atoms with Crippen LogP contribution in [0.15, 0.2) is 6.20 Å². The number of anilines is 2. The Morgan fingerprint density at radius 2 is 2.29 bits per heavy atom. The molecule has 0 amide bonds. The van der Waals surface area contributed by atoms with E-state index >= 15 is 0 Å². The highest BCUT2D eigenvalue weighted by Crippen LogP contribution is 2.15. The fourth-order valence-electron chi connectivity index (χ4n) is 1.33. The molecule has 0 fully saturated rings. The van der Waals surface area contributed by atoms with Gasteiger partial charge in [-0.3, -0.25) is 4.68 Å². The maximum atomic E-state index is 5.99. The van der Waals surface area contributed by atoms with Gasteiger partial charge in [0.2, 0.25) is 11.9 Å². The molecule has 0 unspecified atom stereocenters. The average Bonchev–Trinajstić information content (AvgIpc) is 2.85. The first-order valence-electron chi connectivity index (χ1n) is 5.08. The van der Waals surface area contributed by atoms with Crippen LogP contribution in [0.5, 0.6) is 0 Å². The van der Waals surface area contributed by atoms with Gasteiger partial charge in [0.25, 0.3) is 0 Å². The Morgan fingerprint density at radius 3 is 2.82 bits per heavy atom. The van der Waals surface area contributed by atoms with Crippen molar-refractivity contribution in [3.05, 3.63) is 16.9 Å². The lowest BCUT2D eigenvalue weighted by Crippen LogP contribution is -2.10. The number of hydrogen-bond donors (Lipinski definition) is 2. The smallest absolute Gasteiger partial charge is 0.245 e. The summed E-state index contributed by atoms with van der Waals surface area (Å²) in [4.78, 5) is 6.06. The van der Waals surface area contributed by atoms with Gasteiger partial charge in [0.05, 0.1) is 23.5 Å². The molecule has 0 aliphatic heterocycles.